The summed E-state index contributed by atoms with van der Waals surface area (Å²) in [5.41, 5.74) is 0.475. The van der Waals surface area contributed by atoms with Crippen molar-refractivity contribution in [2.75, 3.05) is 6.61 Å². The lowest BCUT2D eigenvalue weighted by molar-refractivity contribution is 0.0935. The Morgan fingerprint density at radius 3 is 2.88 bits per heavy atom. The monoisotopic (exact) mass is 351 g/mol. The number of amides is 1. The highest BCUT2D eigenvalue weighted by Crippen LogP contribution is 2.14. The van der Waals surface area contributed by atoms with Gasteiger partial charge in [0, 0.05) is 16.2 Å². The fourth-order valence-electron chi connectivity index (χ4n) is 1.44. The number of rotatable bonds is 5. The van der Waals surface area contributed by atoms with E-state index in [9.17, 15) is 9.18 Å². The van der Waals surface area contributed by atoms with Gasteiger partial charge in [-0.2, -0.15) is 0 Å². The first-order chi connectivity index (χ1) is 8.04. The zero-order valence-electron chi connectivity index (χ0n) is 9.54. The van der Waals surface area contributed by atoms with Crippen molar-refractivity contribution in [2.45, 2.75) is 25.8 Å². The molecule has 1 aromatic carbocycles. The van der Waals surface area contributed by atoms with E-state index >= 15 is 0 Å². The second-order valence-electron chi connectivity index (χ2n) is 3.86. The first-order valence-electron chi connectivity index (χ1n) is 5.41. The number of carbonyl (C=O) groups excluding carboxylic acids is 1. The van der Waals surface area contributed by atoms with Gasteiger partial charge in [0.25, 0.3) is 5.91 Å². The van der Waals surface area contributed by atoms with Crippen LogP contribution >= 0.6 is 22.6 Å². The van der Waals surface area contributed by atoms with Crippen molar-refractivity contribution in [3.05, 3.63) is 33.1 Å². The molecule has 0 aromatic heterocycles. The number of hydrogen-bond donors (Lipinski definition) is 2. The Morgan fingerprint density at radius 2 is 2.29 bits per heavy atom. The number of benzene rings is 1. The van der Waals surface area contributed by atoms with Gasteiger partial charge in [0.1, 0.15) is 5.82 Å². The fourth-order valence-corrected chi connectivity index (χ4v) is 2.17. The lowest BCUT2D eigenvalue weighted by atomic mass is 10.1. The van der Waals surface area contributed by atoms with Crippen LogP contribution in [0.4, 0.5) is 4.39 Å². The Bertz CT molecular complexity index is 398. The highest BCUT2D eigenvalue weighted by Gasteiger charge is 2.12. The van der Waals surface area contributed by atoms with Gasteiger partial charge in [-0.15, -0.1) is 0 Å². The summed E-state index contributed by atoms with van der Waals surface area (Å²) in [5, 5.41) is 11.5. The number of halogens is 2. The standard InChI is InChI=1S/C12H15FINO2/c1-8(3-2-6-16)15-12(17)10-5-4-9(13)7-11(10)14/h4-5,7-8,16H,2-3,6H2,1H3,(H,15,17). The van der Waals surface area contributed by atoms with E-state index in [-0.39, 0.29) is 24.4 Å². The van der Waals surface area contributed by atoms with Crippen LogP contribution < -0.4 is 5.32 Å². The lowest BCUT2D eigenvalue weighted by Crippen LogP contribution is -2.33. The third-order valence-electron chi connectivity index (χ3n) is 2.35. The molecule has 1 atom stereocenters. The summed E-state index contributed by atoms with van der Waals surface area (Å²) in [7, 11) is 0. The van der Waals surface area contributed by atoms with Crippen LogP contribution in [0.1, 0.15) is 30.1 Å². The van der Waals surface area contributed by atoms with Gasteiger partial charge in [-0.25, -0.2) is 4.39 Å². The van der Waals surface area contributed by atoms with E-state index in [1.165, 1.54) is 18.2 Å². The van der Waals surface area contributed by atoms with E-state index in [4.69, 9.17) is 5.11 Å². The molecule has 1 aromatic rings. The van der Waals surface area contributed by atoms with E-state index in [0.717, 1.165) is 6.42 Å². The normalized spacial score (nSPS) is 12.2. The zero-order chi connectivity index (χ0) is 12.8. The molecule has 0 saturated carbocycles. The second kappa shape index (κ2) is 6.90. The molecule has 0 radical (unpaired) electrons. The number of aliphatic hydroxyl groups excluding tert-OH is 1. The van der Waals surface area contributed by atoms with Gasteiger partial charge in [-0.3, -0.25) is 4.79 Å². The lowest BCUT2D eigenvalue weighted by Gasteiger charge is -2.13. The van der Waals surface area contributed by atoms with Gasteiger partial charge < -0.3 is 10.4 Å². The molecule has 0 bridgehead atoms. The Labute approximate surface area is 114 Å². The molecule has 0 spiro atoms. The van der Waals surface area contributed by atoms with Crippen molar-refractivity contribution < 1.29 is 14.3 Å². The van der Waals surface area contributed by atoms with E-state index in [0.29, 0.717) is 15.6 Å². The van der Waals surface area contributed by atoms with Crippen LogP contribution in [-0.4, -0.2) is 23.7 Å². The third-order valence-corrected chi connectivity index (χ3v) is 3.24. The first-order valence-corrected chi connectivity index (χ1v) is 6.49. The second-order valence-corrected chi connectivity index (χ2v) is 5.03. The van der Waals surface area contributed by atoms with Gasteiger partial charge in [0.15, 0.2) is 0 Å². The number of nitrogens with one attached hydrogen (secondary N) is 1. The van der Waals surface area contributed by atoms with E-state index in [1.54, 1.807) is 0 Å². The van der Waals surface area contributed by atoms with Crippen LogP contribution in [0.2, 0.25) is 0 Å². The van der Waals surface area contributed by atoms with Gasteiger partial charge in [-0.05, 0) is 60.6 Å². The minimum Gasteiger partial charge on any atom is -0.396 e. The maximum absolute atomic E-state index is 12.9. The molecule has 1 unspecified atom stereocenters. The van der Waals surface area contributed by atoms with Gasteiger partial charge in [0.2, 0.25) is 0 Å². The Kier molecular flexibility index (Phi) is 5.84. The Hall–Kier alpha value is -0.690. The van der Waals surface area contributed by atoms with Crippen LogP contribution in [0.3, 0.4) is 0 Å². The van der Waals surface area contributed by atoms with E-state index in [1.807, 2.05) is 29.5 Å². The minimum absolute atomic E-state index is 0.00416. The molecule has 0 aliphatic carbocycles. The molecule has 3 nitrogen and oxygen atoms in total. The minimum atomic E-state index is -0.348. The summed E-state index contributed by atoms with van der Waals surface area (Å²) in [6.45, 7) is 2.00. The SMILES string of the molecule is CC(CCCO)NC(=O)c1ccc(F)cc1I. The van der Waals surface area contributed by atoms with Crippen LogP contribution in [0.15, 0.2) is 18.2 Å². The van der Waals surface area contributed by atoms with Crippen LogP contribution in [0.5, 0.6) is 0 Å². The molecule has 1 rings (SSSR count). The molecule has 2 N–H and O–H groups in total. The maximum atomic E-state index is 12.9. The highest BCUT2D eigenvalue weighted by molar-refractivity contribution is 14.1. The van der Waals surface area contributed by atoms with Gasteiger partial charge >= 0.3 is 0 Å². The van der Waals surface area contributed by atoms with Crippen molar-refractivity contribution in [3.63, 3.8) is 0 Å². The predicted octanol–water partition coefficient (Wildman–Crippen LogP) is 2.32. The number of carbonyl (C=O) groups is 1. The van der Waals surface area contributed by atoms with Crippen molar-refractivity contribution in [3.8, 4) is 0 Å². The molecular formula is C12H15FINO2. The summed E-state index contributed by atoms with van der Waals surface area (Å²) in [4.78, 5) is 11.8. The molecule has 0 fully saturated rings. The average molecular weight is 351 g/mol. The molecule has 0 aliphatic heterocycles. The molecule has 94 valence electrons. The zero-order valence-corrected chi connectivity index (χ0v) is 11.7. The molecule has 0 aliphatic rings. The largest absolute Gasteiger partial charge is 0.396 e. The summed E-state index contributed by atoms with van der Waals surface area (Å²) in [5.74, 6) is -0.556. The number of aliphatic hydroxyl groups is 1. The van der Waals surface area contributed by atoms with Crippen molar-refractivity contribution in [2.24, 2.45) is 0 Å². The maximum Gasteiger partial charge on any atom is 0.252 e. The third kappa shape index (κ3) is 4.59. The van der Waals surface area contributed by atoms with Crippen LogP contribution in [-0.2, 0) is 0 Å². The van der Waals surface area contributed by atoms with Crippen LogP contribution in [0, 0.1) is 9.39 Å². The smallest absolute Gasteiger partial charge is 0.252 e. The van der Waals surface area contributed by atoms with E-state index < -0.39 is 0 Å². The summed E-state index contributed by atoms with van der Waals surface area (Å²) >= 11 is 1.94. The van der Waals surface area contributed by atoms with Crippen molar-refractivity contribution >= 4 is 28.5 Å². The van der Waals surface area contributed by atoms with Gasteiger partial charge in [0.05, 0.1) is 5.56 Å². The van der Waals surface area contributed by atoms with E-state index in [2.05, 4.69) is 5.32 Å². The summed E-state index contributed by atoms with van der Waals surface area (Å²) in [6.07, 6.45) is 1.38. The quantitative estimate of drug-likeness (QED) is 0.800. The van der Waals surface area contributed by atoms with Crippen molar-refractivity contribution in [1.29, 1.82) is 0 Å². The predicted molar refractivity (Wildman–Crippen MR) is 72.4 cm³/mol. The molecule has 1 amide bonds. The average Bonchev–Trinajstić information content (AvgIpc) is 2.26. The Balaban J connectivity index is 2.63. The first kappa shape index (κ1) is 14.4. The highest BCUT2D eigenvalue weighted by atomic mass is 127. The van der Waals surface area contributed by atoms with Crippen molar-refractivity contribution in [1.82, 2.24) is 5.32 Å². The summed E-state index contributed by atoms with van der Waals surface area (Å²) < 4.78 is 13.5. The fraction of sp³-hybridized carbons (Fsp3) is 0.417. The number of hydrogen-bond acceptors (Lipinski definition) is 2. The molecule has 5 heteroatoms. The molecule has 0 heterocycles. The topological polar surface area (TPSA) is 49.3 Å². The summed E-state index contributed by atoms with van der Waals surface area (Å²) in [6, 6.07) is 4.07. The van der Waals surface area contributed by atoms with Crippen LogP contribution in [0.25, 0.3) is 0 Å². The molecular weight excluding hydrogens is 336 g/mol. The Morgan fingerprint density at radius 1 is 1.59 bits per heavy atom. The molecule has 0 saturated heterocycles. The van der Waals surface area contributed by atoms with Gasteiger partial charge in [-0.1, -0.05) is 0 Å². The molecule has 17 heavy (non-hydrogen) atoms.